The Balaban J connectivity index is 2.29. The van der Waals surface area contributed by atoms with Gasteiger partial charge in [-0.25, -0.2) is 9.97 Å². The van der Waals surface area contributed by atoms with Crippen molar-refractivity contribution < 1.29 is 14.1 Å². The van der Waals surface area contributed by atoms with E-state index in [0.717, 1.165) is 18.3 Å². The van der Waals surface area contributed by atoms with Gasteiger partial charge in [-0.3, -0.25) is 14.9 Å². The Hall–Kier alpha value is -2.61. The van der Waals surface area contributed by atoms with E-state index in [0.29, 0.717) is 0 Å². The summed E-state index contributed by atoms with van der Waals surface area (Å²) in [4.78, 5) is 28.8. The Labute approximate surface area is 116 Å². The standard InChI is InChI=1S/C11H6ClFN4O3/c12-10-7(4-6(5-14-10)17(19)20)11(18)16-9-3-1-2-8(13)15-9/h1-5H,(H,15,16,18). The Morgan fingerprint density at radius 1 is 1.45 bits per heavy atom. The number of nitro groups is 1. The van der Waals surface area contributed by atoms with Crippen LogP contribution in [0.1, 0.15) is 10.4 Å². The number of nitrogens with zero attached hydrogens (tertiary/aromatic N) is 3. The number of nitrogens with one attached hydrogen (secondary N) is 1. The minimum absolute atomic E-state index is 0.0439. The molecule has 0 saturated heterocycles. The van der Waals surface area contributed by atoms with Gasteiger partial charge in [-0.2, -0.15) is 4.39 Å². The molecule has 9 heteroatoms. The van der Waals surface area contributed by atoms with Crippen LogP contribution in [0.25, 0.3) is 0 Å². The molecular weight excluding hydrogens is 291 g/mol. The van der Waals surface area contributed by atoms with Gasteiger partial charge in [-0.15, -0.1) is 0 Å². The van der Waals surface area contributed by atoms with Gasteiger partial charge in [0.25, 0.3) is 11.6 Å². The third-order valence-corrected chi connectivity index (χ3v) is 2.54. The number of carbonyl (C=O) groups is 1. The monoisotopic (exact) mass is 296 g/mol. The number of amides is 1. The fourth-order valence-electron chi connectivity index (χ4n) is 1.36. The second-order valence-electron chi connectivity index (χ2n) is 3.59. The maximum atomic E-state index is 12.9. The van der Waals surface area contributed by atoms with Crippen molar-refractivity contribution in [3.8, 4) is 0 Å². The summed E-state index contributed by atoms with van der Waals surface area (Å²) in [5.41, 5.74) is -0.585. The zero-order valence-corrected chi connectivity index (χ0v) is 10.5. The van der Waals surface area contributed by atoms with E-state index in [2.05, 4.69) is 15.3 Å². The number of hydrogen-bond acceptors (Lipinski definition) is 5. The van der Waals surface area contributed by atoms with Crippen molar-refractivity contribution in [2.75, 3.05) is 5.32 Å². The number of anilines is 1. The molecule has 7 nitrogen and oxygen atoms in total. The average Bonchev–Trinajstić information content (AvgIpc) is 2.38. The third-order valence-electron chi connectivity index (χ3n) is 2.24. The highest BCUT2D eigenvalue weighted by Gasteiger charge is 2.17. The summed E-state index contributed by atoms with van der Waals surface area (Å²) in [6.45, 7) is 0. The van der Waals surface area contributed by atoms with Crippen LogP contribution in [0, 0.1) is 16.1 Å². The van der Waals surface area contributed by atoms with Crippen LogP contribution in [0.2, 0.25) is 5.15 Å². The minimum Gasteiger partial charge on any atom is -0.306 e. The van der Waals surface area contributed by atoms with Crippen LogP contribution in [0.5, 0.6) is 0 Å². The lowest BCUT2D eigenvalue weighted by Gasteiger charge is -2.05. The van der Waals surface area contributed by atoms with Crippen molar-refractivity contribution in [1.82, 2.24) is 9.97 Å². The molecule has 0 aliphatic heterocycles. The zero-order valence-electron chi connectivity index (χ0n) is 9.71. The van der Waals surface area contributed by atoms with Gasteiger partial charge in [0.1, 0.15) is 17.2 Å². The lowest BCUT2D eigenvalue weighted by atomic mass is 10.2. The molecule has 2 aromatic heterocycles. The molecule has 0 fully saturated rings. The second kappa shape index (κ2) is 5.57. The molecule has 0 bridgehead atoms. The maximum Gasteiger partial charge on any atom is 0.288 e. The summed E-state index contributed by atoms with van der Waals surface area (Å²) < 4.78 is 12.9. The Kier molecular flexibility index (Phi) is 3.85. The second-order valence-corrected chi connectivity index (χ2v) is 3.95. The van der Waals surface area contributed by atoms with Gasteiger partial charge in [-0.1, -0.05) is 17.7 Å². The van der Waals surface area contributed by atoms with E-state index in [1.807, 2.05) is 0 Å². The summed E-state index contributed by atoms with van der Waals surface area (Å²) in [7, 11) is 0. The fraction of sp³-hybridized carbons (Fsp3) is 0. The summed E-state index contributed by atoms with van der Waals surface area (Å²) in [5, 5.41) is 12.7. The number of hydrogen-bond donors (Lipinski definition) is 1. The van der Waals surface area contributed by atoms with Gasteiger partial charge >= 0.3 is 0 Å². The summed E-state index contributed by atoms with van der Waals surface area (Å²) >= 11 is 5.70. The number of halogens is 2. The van der Waals surface area contributed by atoms with Gasteiger partial charge in [0.05, 0.1) is 10.5 Å². The van der Waals surface area contributed by atoms with Gasteiger partial charge in [0, 0.05) is 6.07 Å². The van der Waals surface area contributed by atoms with E-state index in [-0.39, 0.29) is 22.2 Å². The summed E-state index contributed by atoms with van der Waals surface area (Å²) in [5.74, 6) is -1.59. The molecular formula is C11H6ClFN4O3. The van der Waals surface area contributed by atoms with Crippen molar-refractivity contribution in [3.63, 3.8) is 0 Å². The van der Waals surface area contributed by atoms with Crippen molar-refractivity contribution in [3.05, 3.63) is 57.2 Å². The Morgan fingerprint density at radius 2 is 2.20 bits per heavy atom. The van der Waals surface area contributed by atoms with E-state index < -0.39 is 16.8 Å². The molecule has 1 N–H and O–H groups in total. The van der Waals surface area contributed by atoms with E-state index in [1.54, 1.807) is 0 Å². The molecule has 2 rings (SSSR count). The molecule has 102 valence electrons. The first-order chi connectivity index (χ1) is 9.47. The van der Waals surface area contributed by atoms with Crippen LogP contribution < -0.4 is 5.32 Å². The Morgan fingerprint density at radius 3 is 2.85 bits per heavy atom. The predicted octanol–water partition coefficient (Wildman–Crippen LogP) is 2.43. The molecule has 0 aromatic carbocycles. The summed E-state index contributed by atoms with van der Waals surface area (Å²) in [6, 6.07) is 4.80. The lowest BCUT2D eigenvalue weighted by molar-refractivity contribution is -0.385. The molecule has 0 radical (unpaired) electrons. The van der Waals surface area contributed by atoms with Crippen LogP contribution in [-0.2, 0) is 0 Å². The highest BCUT2D eigenvalue weighted by atomic mass is 35.5. The largest absolute Gasteiger partial charge is 0.306 e. The number of aromatic nitrogens is 2. The first kappa shape index (κ1) is 13.8. The lowest BCUT2D eigenvalue weighted by Crippen LogP contribution is -2.14. The molecule has 0 aliphatic rings. The van der Waals surface area contributed by atoms with E-state index >= 15 is 0 Å². The molecule has 0 atom stereocenters. The zero-order chi connectivity index (χ0) is 14.7. The van der Waals surface area contributed by atoms with Crippen LogP contribution in [0.4, 0.5) is 15.9 Å². The molecule has 2 aromatic rings. The highest BCUT2D eigenvalue weighted by Crippen LogP contribution is 2.20. The van der Waals surface area contributed by atoms with Gasteiger partial charge in [0.15, 0.2) is 0 Å². The van der Waals surface area contributed by atoms with Crippen molar-refractivity contribution in [1.29, 1.82) is 0 Å². The number of carbonyl (C=O) groups excluding carboxylic acids is 1. The van der Waals surface area contributed by atoms with Crippen molar-refractivity contribution >= 4 is 29.0 Å². The predicted molar refractivity (Wildman–Crippen MR) is 68.0 cm³/mol. The van der Waals surface area contributed by atoms with Crippen molar-refractivity contribution in [2.24, 2.45) is 0 Å². The van der Waals surface area contributed by atoms with Crippen LogP contribution in [-0.4, -0.2) is 20.8 Å². The van der Waals surface area contributed by atoms with E-state index in [4.69, 9.17) is 11.6 Å². The Bertz CT molecular complexity index is 695. The smallest absolute Gasteiger partial charge is 0.288 e. The summed E-state index contributed by atoms with van der Waals surface area (Å²) in [6.07, 6.45) is 0.930. The molecule has 0 spiro atoms. The topological polar surface area (TPSA) is 98.0 Å². The van der Waals surface area contributed by atoms with Crippen LogP contribution in [0.15, 0.2) is 30.5 Å². The average molecular weight is 297 g/mol. The molecule has 2 heterocycles. The highest BCUT2D eigenvalue weighted by molar-refractivity contribution is 6.33. The molecule has 0 unspecified atom stereocenters. The number of rotatable bonds is 3. The first-order valence-corrected chi connectivity index (χ1v) is 5.59. The maximum absolute atomic E-state index is 12.9. The van der Waals surface area contributed by atoms with E-state index in [9.17, 15) is 19.3 Å². The molecule has 20 heavy (non-hydrogen) atoms. The molecule has 0 aliphatic carbocycles. The van der Waals surface area contributed by atoms with E-state index in [1.165, 1.54) is 12.1 Å². The minimum atomic E-state index is -0.774. The third kappa shape index (κ3) is 3.04. The van der Waals surface area contributed by atoms with Gasteiger partial charge < -0.3 is 5.32 Å². The first-order valence-electron chi connectivity index (χ1n) is 5.21. The van der Waals surface area contributed by atoms with Crippen molar-refractivity contribution in [2.45, 2.75) is 0 Å². The quantitative estimate of drug-likeness (QED) is 0.533. The molecule has 1 amide bonds. The number of pyridine rings is 2. The molecule has 0 saturated carbocycles. The van der Waals surface area contributed by atoms with Gasteiger partial charge in [0.2, 0.25) is 5.95 Å². The SMILES string of the molecule is O=C(Nc1cccc(F)n1)c1cc([N+](=O)[O-])cnc1Cl. The fourth-order valence-corrected chi connectivity index (χ4v) is 1.55. The normalized spacial score (nSPS) is 10.1. The van der Waals surface area contributed by atoms with Gasteiger partial charge in [-0.05, 0) is 12.1 Å². The van der Waals surface area contributed by atoms with Crippen LogP contribution in [0.3, 0.4) is 0 Å². The van der Waals surface area contributed by atoms with Crippen LogP contribution >= 0.6 is 11.6 Å².